The number of rotatable bonds is 2. The molecule has 6 heteroatoms. The zero-order valence-electron chi connectivity index (χ0n) is 9.56. The van der Waals surface area contributed by atoms with E-state index < -0.39 is 0 Å². The molecule has 3 heterocycles. The number of fused-ring (bicyclic) bond motifs is 1. The van der Waals surface area contributed by atoms with Crippen LogP contribution >= 0.6 is 0 Å². The lowest BCUT2D eigenvalue weighted by atomic mass is 10.0. The number of hydrogen-bond acceptors (Lipinski definition) is 4. The number of carbonyl (C=O) groups excluding carboxylic acids is 2. The minimum Gasteiger partial charge on any atom is -0.372 e. The number of nitrogens with zero attached hydrogens (tertiary/aromatic N) is 2. The lowest BCUT2D eigenvalue weighted by Crippen LogP contribution is -2.62. The van der Waals surface area contributed by atoms with Crippen molar-refractivity contribution in [2.45, 2.75) is 37.4 Å². The summed E-state index contributed by atoms with van der Waals surface area (Å²) in [4.78, 5) is 29.8. The highest BCUT2D eigenvalue weighted by Crippen LogP contribution is 2.23. The molecule has 0 radical (unpaired) electrons. The molecule has 2 saturated heterocycles. The van der Waals surface area contributed by atoms with Crippen LogP contribution in [0, 0.1) is 0 Å². The summed E-state index contributed by atoms with van der Waals surface area (Å²) in [6.45, 7) is 1.41. The lowest BCUT2D eigenvalue weighted by molar-refractivity contribution is -0.147. The molecule has 0 bridgehead atoms. The Balaban J connectivity index is 1.68. The van der Waals surface area contributed by atoms with Crippen molar-refractivity contribution in [2.24, 2.45) is 4.99 Å². The van der Waals surface area contributed by atoms with E-state index in [1.807, 2.05) is 0 Å². The normalized spacial score (nSPS) is 35.8. The standard InChI is InChI=1S/C11H16N4O2/c16-10-9-2-1-3-15(9)11(17)8(14-10)4-7-5-12-6-13-7/h6-9H,1-5H2,(H,12,13)(H,14,16)/t7?,8-,9-/m0/s1. The molecular weight excluding hydrogens is 220 g/mol. The Kier molecular flexibility index (Phi) is 2.49. The summed E-state index contributed by atoms with van der Waals surface area (Å²) in [7, 11) is 0. The molecule has 0 spiro atoms. The molecule has 3 rings (SSSR count). The summed E-state index contributed by atoms with van der Waals surface area (Å²) < 4.78 is 0. The predicted molar refractivity (Wildman–Crippen MR) is 61.6 cm³/mol. The molecule has 3 atom stereocenters. The third-order valence-corrected chi connectivity index (χ3v) is 3.70. The highest BCUT2D eigenvalue weighted by Gasteiger charge is 2.43. The Bertz CT molecular complexity index is 374. The molecule has 0 aromatic heterocycles. The molecule has 0 aromatic carbocycles. The first-order valence-corrected chi connectivity index (χ1v) is 6.11. The van der Waals surface area contributed by atoms with Gasteiger partial charge in [0.1, 0.15) is 12.1 Å². The van der Waals surface area contributed by atoms with E-state index in [1.54, 1.807) is 11.2 Å². The number of piperazine rings is 1. The van der Waals surface area contributed by atoms with Crippen LogP contribution in [0.3, 0.4) is 0 Å². The summed E-state index contributed by atoms with van der Waals surface area (Å²) in [5.74, 6) is 0.0758. The fourth-order valence-electron chi connectivity index (χ4n) is 2.81. The van der Waals surface area contributed by atoms with Gasteiger partial charge in [0.25, 0.3) is 0 Å². The van der Waals surface area contributed by atoms with Crippen LogP contribution in [0.4, 0.5) is 0 Å². The molecule has 3 aliphatic rings. The van der Waals surface area contributed by atoms with Gasteiger partial charge >= 0.3 is 0 Å². The highest BCUT2D eigenvalue weighted by molar-refractivity contribution is 5.97. The van der Waals surface area contributed by atoms with Gasteiger partial charge in [0.2, 0.25) is 11.8 Å². The van der Waals surface area contributed by atoms with Crippen molar-refractivity contribution in [1.82, 2.24) is 15.5 Å². The fourth-order valence-corrected chi connectivity index (χ4v) is 2.81. The molecule has 3 aliphatic heterocycles. The Labute approximate surface area is 99.4 Å². The topological polar surface area (TPSA) is 73.8 Å². The van der Waals surface area contributed by atoms with Crippen molar-refractivity contribution >= 4 is 18.2 Å². The van der Waals surface area contributed by atoms with Crippen LogP contribution in [0.25, 0.3) is 0 Å². The van der Waals surface area contributed by atoms with E-state index >= 15 is 0 Å². The maximum Gasteiger partial charge on any atom is 0.245 e. The Hall–Kier alpha value is -1.59. The number of carbonyl (C=O) groups is 2. The molecule has 92 valence electrons. The van der Waals surface area contributed by atoms with Crippen molar-refractivity contribution in [1.29, 1.82) is 0 Å². The maximum atomic E-state index is 12.2. The maximum absolute atomic E-state index is 12.2. The molecule has 2 fully saturated rings. The Morgan fingerprint density at radius 3 is 3.12 bits per heavy atom. The monoisotopic (exact) mass is 236 g/mol. The van der Waals surface area contributed by atoms with Gasteiger partial charge in [-0.2, -0.15) is 0 Å². The van der Waals surface area contributed by atoms with E-state index in [-0.39, 0.29) is 29.9 Å². The van der Waals surface area contributed by atoms with Crippen LogP contribution in [0.2, 0.25) is 0 Å². The number of hydrogen-bond donors (Lipinski definition) is 2. The first kappa shape index (κ1) is 10.6. The second-order valence-corrected chi connectivity index (χ2v) is 4.84. The van der Waals surface area contributed by atoms with Crippen molar-refractivity contribution < 1.29 is 9.59 Å². The number of nitrogens with one attached hydrogen (secondary N) is 2. The average molecular weight is 236 g/mol. The van der Waals surface area contributed by atoms with Crippen LogP contribution < -0.4 is 10.6 Å². The summed E-state index contributed by atoms with van der Waals surface area (Å²) in [5, 5.41) is 5.92. The van der Waals surface area contributed by atoms with Gasteiger partial charge < -0.3 is 15.5 Å². The molecule has 0 aliphatic carbocycles. The molecule has 2 amide bonds. The van der Waals surface area contributed by atoms with Gasteiger partial charge in [-0.25, -0.2) is 0 Å². The second kappa shape index (κ2) is 4.01. The van der Waals surface area contributed by atoms with Gasteiger partial charge in [0, 0.05) is 12.6 Å². The summed E-state index contributed by atoms with van der Waals surface area (Å²) in [5.41, 5.74) is 0. The Morgan fingerprint density at radius 2 is 2.35 bits per heavy atom. The largest absolute Gasteiger partial charge is 0.372 e. The van der Waals surface area contributed by atoms with Crippen LogP contribution in [0.1, 0.15) is 19.3 Å². The van der Waals surface area contributed by atoms with E-state index in [0.29, 0.717) is 13.0 Å². The second-order valence-electron chi connectivity index (χ2n) is 4.84. The number of amides is 2. The summed E-state index contributed by atoms with van der Waals surface area (Å²) in [6.07, 6.45) is 4.02. The van der Waals surface area contributed by atoms with Crippen LogP contribution in [0.5, 0.6) is 0 Å². The van der Waals surface area contributed by atoms with E-state index in [9.17, 15) is 9.59 Å². The van der Waals surface area contributed by atoms with Gasteiger partial charge in [-0.05, 0) is 19.3 Å². The van der Waals surface area contributed by atoms with Crippen molar-refractivity contribution in [3.8, 4) is 0 Å². The minimum absolute atomic E-state index is 0.00557. The third kappa shape index (κ3) is 1.77. The average Bonchev–Trinajstić information content (AvgIpc) is 2.96. The zero-order valence-corrected chi connectivity index (χ0v) is 9.56. The van der Waals surface area contributed by atoms with Crippen molar-refractivity contribution in [2.75, 3.05) is 13.1 Å². The van der Waals surface area contributed by atoms with Crippen LogP contribution in [0.15, 0.2) is 4.99 Å². The van der Waals surface area contributed by atoms with E-state index in [1.165, 1.54) is 0 Å². The van der Waals surface area contributed by atoms with Crippen LogP contribution in [-0.4, -0.2) is 54.3 Å². The van der Waals surface area contributed by atoms with Gasteiger partial charge in [0.15, 0.2) is 0 Å². The third-order valence-electron chi connectivity index (χ3n) is 3.70. The predicted octanol–water partition coefficient (Wildman–Crippen LogP) is -1.13. The van der Waals surface area contributed by atoms with E-state index in [2.05, 4.69) is 15.6 Å². The van der Waals surface area contributed by atoms with E-state index in [0.717, 1.165) is 19.4 Å². The van der Waals surface area contributed by atoms with Gasteiger partial charge in [-0.3, -0.25) is 14.6 Å². The molecular formula is C11H16N4O2. The molecule has 0 aromatic rings. The number of aliphatic imine (C=N–C) groups is 1. The minimum atomic E-state index is -0.379. The van der Waals surface area contributed by atoms with Crippen LogP contribution in [-0.2, 0) is 9.59 Å². The van der Waals surface area contributed by atoms with Crippen molar-refractivity contribution in [3.63, 3.8) is 0 Å². The SMILES string of the molecule is O=C1N[C@@H](CC2CN=CN2)C(=O)N2CCC[C@@H]12. The Morgan fingerprint density at radius 1 is 1.47 bits per heavy atom. The molecule has 0 saturated carbocycles. The lowest BCUT2D eigenvalue weighted by Gasteiger charge is -2.35. The molecule has 2 N–H and O–H groups in total. The fraction of sp³-hybridized carbons (Fsp3) is 0.727. The smallest absolute Gasteiger partial charge is 0.245 e. The van der Waals surface area contributed by atoms with Gasteiger partial charge in [-0.1, -0.05) is 0 Å². The van der Waals surface area contributed by atoms with Gasteiger partial charge in [0.05, 0.1) is 12.9 Å². The molecule has 1 unspecified atom stereocenters. The summed E-state index contributed by atoms with van der Waals surface area (Å²) >= 11 is 0. The quantitative estimate of drug-likeness (QED) is 0.637. The highest BCUT2D eigenvalue weighted by atomic mass is 16.2. The van der Waals surface area contributed by atoms with Crippen molar-refractivity contribution in [3.05, 3.63) is 0 Å². The first-order chi connectivity index (χ1) is 8.25. The first-order valence-electron chi connectivity index (χ1n) is 6.11. The summed E-state index contributed by atoms with van der Waals surface area (Å²) in [6, 6.07) is -0.425. The molecule has 17 heavy (non-hydrogen) atoms. The van der Waals surface area contributed by atoms with E-state index in [4.69, 9.17) is 0 Å². The zero-order chi connectivity index (χ0) is 11.8. The van der Waals surface area contributed by atoms with Gasteiger partial charge in [-0.15, -0.1) is 0 Å². The molecule has 6 nitrogen and oxygen atoms in total.